The van der Waals surface area contributed by atoms with Crippen LogP contribution < -0.4 is 10.6 Å². The van der Waals surface area contributed by atoms with Gasteiger partial charge in [-0.3, -0.25) is 9.67 Å². The van der Waals surface area contributed by atoms with Gasteiger partial charge in [-0.1, -0.05) is 28.9 Å². The van der Waals surface area contributed by atoms with E-state index >= 15 is 0 Å². The van der Waals surface area contributed by atoms with E-state index in [-0.39, 0.29) is 30.0 Å². The van der Waals surface area contributed by atoms with Crippen LogP contribution in [0.15, 0.2) is 52.2 Å². The van der Waals surface area contributed by atoms with Crippen LogP contribution in [0.2, 0.25) is 5.02 Å². The van der Waals surface area contributed by atoms with Crippen molar-refractivity contribution in [3.8, 4) is 0 Å². The lowest BCUT2D eigenvalue weighted by atomic mass is 10.1. The monoisotopic (exact) mass is 528 g/mol. The summed E-state index contributed by atoms with van der Waals surface area (Å²) < 4.78 is 7.14. The van der Waals surface area contributed by atoms with E-state index in [0.29, 0.717) is 11.6 Å². The molecular formula is C20H26ClIN6O. The highest BCUT2D eigenvalue weighted by atomic mass is 127. The minimum absolute atomic E-state index is 0. The van der Waals surface area contributed by atoms with Gasteiger partial charge in [0.25, 0.3) is 0 Å². The second-order valence-electron chi connectivity index (χ2n) is 6.49. The van der Waals surface area contributed by atoms with Crippen molar-refractivity contribution in [2.75, 3.05) is 20.1 Å². The molecule has 156 valence electrons. The third-order valence-corrected chi connectivity index (χ3v) is 4.89. The smallest absolute Gasteiger partial charge is 0.191 e. The first-order valence-corrected chi connectivity index (χ1v) is 9.57. The van der Waals surface area contributed by atoms with E-state index in [2.05, 4.69) is 25.9 Å². The number of hydrogen-bond donors (Lipinski definition) is 2. The highest BCUT2D eigenvalue weighted by Gasteiger charge is 2.15. The quantitative estimate of drug-likeness (QED) is 0.277. The number of nitrogens with zero attached hydrogens (tertiary/aromatic N) is 4. The fraction of sp³-hybridized carbons (Fsp3) is 0.350. The molecule has 1 aromatic carbocycles. The van der Waals surface area contributed by atoms with E-state index in [1.807, 2.05) is 55.1 Å². The van der Waals surface area contributed by atoms with Gasteiger partial charge in [-0.2, -0.15) is 5.10 Å². The van der Waals surface area contributed by atoms with E-state index in [9.17, 15) is 0 Å². The van der Waals surface area contributed by atoms with Crippen LogP contribution >= 0.6 is 35.6 Å². The summed E-state index contributed by atoms with van der Waals surface area (Å²) in [5.74, 6) is 1.60. The molecule has 0 radical (unpaired) electrons. The minimum atomic E-state index is 0. The Kier molecular flexibility index (Phi) is 8.97. The maximum Gasteiger partial charge on any atom is 0.191 e. The summed E-state index contributed by atoms with van der Waals surface area (Å²) in [6, 6.07) is 9.76. The largest absolute Gasteiger partial charge is 0.361 e. The van der Waals surface area contributed by atoms with Crippen molar-refractivity contribution in [2.24, 2.45) is 4.99 Å². The Morgan fingerprint density at radius 2 is 2.00 bits per heavy atom. The zero-order valence-corrected chi connectivity index (χ0v) is 19.8. The van der Waals surface area contributed by atoms with Gasteiger partial charge in [-0.05, 0) is 44.0 Å². The van der Waals surface area contributed by atoms with Crippen LogP contribution in [0, 0.1) is 13.8 Å². The summed E-state index contributed by atoms with van der Waals surface area (Å²) in [7, 11) is 1.76. The highest BCUT2D eigenvalue weighted by Crippen LogP contribution is 2.19. The van der Waals surface area contributed by atoms with E-state index in [0.717, 1.165) is 41.5 Å². The van der Waals surface area contributed by atoms with E-state index < -0.39 is 0 Å². The molecule has 3 rings (SSSR count). The van der Waals surface area contributed by atoms with Gasteiger partial charge in [0.15, 0.2) is 5.96 Å². The number of benzene rings is 1. The number of aromatic nitrogens is 3. The number of halogens is 2. The molecule has 29 heavy (non-hydrogen) atoms. The molecule has 1 unspecified atom stereocenters. The molecule has 0 saturated heterocycles. The average molecular weight is 529 g/mol. The van der Waals surface area contributed by atoms with Gasteiger partial charge in [0.05, 0.1) is 11.7 Å². The standard InChI is InChI=1S/C20H25ClN6O.HI/c1-14-18(15(2)28-26-14)9-11-23-20(22-3)24-13-19(27-12-4-10-25-27)16-5-7-17(21)8-6-16;/h4-8,10,12,19H,9,11,13H2,1-3H3,(H2,22,23,24);1H. The van der Waals surface area contributed by atoms with Gasteiger partial charge in [-0.15, -0.1) is 24.0 Å². The topological polar surface area (TPSA) is 80.3 Å². The van der Waals surface area contributed by atoms with E-state index in [1.165, 1.54) is 0 Å². The highest BCUT2D eigenvalue weighted by molar-refractivity contribution is 14.0. The number of guanidine groups is 1. The Morgan fingerprint density at radius 1 is 1.24 bits per heavy atom. The predicted molar refractivity (Wildman–Crippen MR) is 126 cm³/mol. The molecule has 2 N–H and O–H groups in total. The van der Waals surface area contributed by atoms with Gasteiger partial charge in [0, 0.05) is 43.1 Å². The molecule has 0 aliphatic rings. The third kappa shape index (κ3) is 6.20. The van der Waals surface area contributed by atoms with Gasteiger partial charge in [-0.25, -0.2) is 0 Å². The van der Waals surface area contributed by atoms with Crippen LogP contribution in [-0.4, -0.2) is 41.0 Å². The summed E-state index contributed by atoms with van der Waals surface area (Å²) >= 11 is 6.03. The van der Waals surface area contributed by atoms with Gasteiger partial charge >= 0.3 is 0 Å². The third-order valence-electron chi connectivity index (χ3n) is 4.63. The molecule has 0 aliphatic heterocycles. The normalized spacial score (nSPS) is 12.3. The number of hydrogen-bond acceptors (Lipinski definition) is 4. The zero-order valence-electron chi connectivity index (χ0n) is 16.7. The molecule has 1 atom stereocenters. The summed E-state index contributed by atoms with van der Waals surface area (Å²) in [4.78, 5) is 4.32. The summed E-state index contributed by atoms with van der Waals surface area (Å²) in [6.07, 6.45) is 4.55. The Balaban J connectivity index is 0.00000300. The zero-order chi connectivity index (χ0) is 19.9. The predicted octanol–water partition coefficient (Wildman–Crippen LogP) is 3.76. The van der Waals surface area contributed by atoms with Crippen molar-refractivity contribution in [3.05, 3.63) is 70.3 Å². The number of aliphatic imine (C=N–C) groups is 1. The molecule has 3 aromatic rings. The van der Waals surface area contributed by atoms with Crippen molar-refractivity contribution in [2.45, 2.75) is 26.3 Å². The summed E-state index contributed by atoms with van der Waals surface area (Å²) in [6.45, 7) is 5.26. The molecule has 0 amide bonds. The SMILES string of the molecule is CN=C(NCCc1c(C)noc1C)NCC(c1ccc(Cl)cc1)n1cccn1.I. The number of rotatable bonds is 7. The van der Waals surface area contributed by atoms with Gasteiger partial charge in [0.2, 0.25) is 0 Å². The first-order valence-electron chi connectivity index (χ1n) is 9.19. The minimum Gasteiger partial charge on any atom is -0.361 e. The van der Waals surface area contributed by atoms with Crippen LogP contribution in [0.25, 0.3) is 0 Å². The van der Waals surface area contributed by atoms with Gasteiger partial charge < -0.3 is 15.2 Å². The fourth-order valence-corrected chi connectivity index (χ4v) is 3.22. The molecule has 0 saturated carbocycles. The Morgan fingerprint density at radius 3 is 2.59 bits per heavy atom. The maximum atomic E-state index is 6.03. The second kappa shape index (κ2) is 11.2. The molecule has 0 spiro atoms. The Labute approximate surface area is 192 Å². The summed E-state index contributed by atoms with van der Waals surface area (Å²) in [5, 5.41) is 15.8. The van der Waals surface area contributed by atoms with Crippen molar-refractivity contribution in [3.63, 3.8) is 0 Å². The van der Waals surface area contributed by atoms with Gasteiger partial charge in [0.1, 0.15) is 5.76 Å². The van der Waals surface area contributed by atoms with Crippen LogP contribution in [0.5, 0.6) is 0 Å². The summed E-state index contributed by atoms with van der Waals surface area (Å²) in [5.41, 5.74) is 3.19. The van der Waals surface area contributed by atoms with Crippen LogP contribution in [0.3, 0.4) is 0 Å². The second-order valence-corrected chi connectivity index (χ2v) is 6.92. The van der Waals surface area contributed by atoms with Crippen molar-refractivity contribution in [1.29, 1.82) is 0 Å². The first kappa shape index (κ1) is 23.2. The van der Waals surface area contributed by atoms with Crippen molar-refractivity contribution >= 4 is 41.5 Å². The molecule has 7 nitrogen and oxygen atoms in total. The lowest BCUT2D eigenvalue weighted by molar-refractivity contribution is 0.392. The van der Waals surface area contributed by atoms with Crippen molar-refractivity contribution < 1.29 is 4.52 Å². The average Bonchev–Trinajstić information content (AvgIpc) is 3.33. The fourth-order valence-electron chi connectivity index (χ4n) is 3.09. The lowest BCUT2D eigenvalue weighted by Gasteiger charge is -2.20. The van der Waals surface area contributed by atoms with E-state index in [4.69, 9.17) is 16.1 Å². The number of aryl methyl sites for hydroxylation is 2. The number of nitrogens with one attached hydrogen (secondary N) is 2. The molecule has 9 heteroatoms. The van der Waals surface area contributed by atoms with E-state index in [1.54, 1.807) is 13.2 Å². The molecule has 2 heterocycles. The molecule has 0 fully saturated rings. The molecule has 0 aliphatic carbocycles. The van der Waals surface area contributed by atoms with Crippen molar-refractivity contribution in [1.82, 2.24) is 25.6 Å². The van der Waals surface area contributed by atoms with Crippen LogP contribution in [-0.2, 0) is 6.42 Å². The Hall–Kier alpha value is -2.07. The maximum absolute atomic E-state index is 6.03. The molecule has 2 aromatic heterocycles. The van der Waals surface area contributed by atoms with Crippen LogP contribution in [0.1, 0.15) is 28.6 Å². The Bertz CT molecular complexity index is 888. The van der Waals surface area contributed by atoms with Crippen LogP contribution in [0.4, 0.5) is 0 Å². The lowest BCUT2D eigenvalue weighted by Crippen LogP contribution is -2.41. The first-order chi connectivity index (χ1) is 13.6. The molecule has 0 bridgehead atoms. The molecular weight excluding hydrogens is 503 g/mol.